The van der Waals surface area contributed by atoms with Gasteiger partial charge in [-0.25, -0.2) is 0 Å². The van der Waals surface area contributed by atoms with Crippen LogP contribution in [0, 0.1) is 11.8 Å². The smallest absolute Gasteiger partial charge is 0.0755 e. The van der Waals surface area contributed by atoms with E-state index in [1.54, 1.807) is 0 Å². The van der Waals surface area contributed by atoms with E-state index in [1.165, 1.54) is 31.4 Å². The summed E-state index contributed by atoms with van der Waals surface area (Å²) in [4.78, 5) is 0. The molecule has 0 saturated heterocycles. The SMILES string of the molecule is CNC(c1cnnn1C)C1CCC(C)CC1. The highest BCUT2D eigenvalue weighted by Crippen LogP contribution is 2.36. The van der Waals surface area contributed by atoms with Gasteiger partial charge in [-0.05, 0) is 31.7 Å². The van der Waals surface area contributed by atoms with E-state index in [2.05, 4.69) is 22.6 Å². The van der Waals surface area contributed by atoms with Crippen molar-refractivity contribution >= 4 is 0 Å². The summed E-state index contributed by atoms with van der Waals surface area (Å²) in [5.74, 6) is 1.64. The van der Waals surface area contributed by atoms with Crippen LogP contribution in [0.4, 0.5) is 0 Å². The largest absolute Gasteiger partial charge is 0.311 e. The molecule has 0 radical (unpaired) electrons. The van der Waals surface area contributed by atoms with Crippen LogP contribution in [-0.4, -0.2) is 22.0 Å². The van der Waals surface area contributed by atoms with Crippen molar-refractivity contribution in [2.24, 2.45) is 18.9 Å². The number of rotatable bonds is 3. The van der Waals surface area contributed by atoms with Crippen molar-refractivity contribution < 1.29 is 0 Å². The zero-order valence-electron chi connectivity index (χ0n) is 10.5. The zero-order chi connectivity index (χ0) is 11.5. The van der Waals surface area contributed by atoms with E-state index >= 15 is 0 Å². The van der Waals surface area contributed by atoms with Crippen LogP contribution in [0.3, 0.4) is 0 Å². The third kappa shape index (κ3) is 2.26. The Morgan fingerprint density at radius 1 is 1.38 bits per heavy atom. The first kappa shape index (κ1) is 11.6. The van der Waals surface area contributed by atoms with Gasteiger partial charge < -0.3 is 5.32 Å². The third-order valence-corrected chi connectivity index (χ3v) is 3.91. The number of hydrogen-bond donors (Lipinski definition) is 1. The van der Waals surface area contributed by atoms with Gasteiger partial charge in [-0.2, -0.15) is 0 Å². The van der Waals surface area contributed by atoms with E-state index in [4.69, 9.17) is 0 Å². The van der Waals surface area contributed by atoms with Crippen LogP contribution in [0.1, 0.15) is 44.3 Å². The Morgan fingerprint density at radius 3 is 2.56 bits per heavy atom. The molecule has 1 aromatic heterocycles. The van der Waals surface area contributed by atoms with E-state index in [0.29, 0.717) is 6.04 Å². The second kappa shape index (κ2) is 4.95. The molecule has 4 nitrogen and oxygen atoms in total. The first-order chi connectivity index (χ1) is 7.72. The normalized spacial score (nSPS) is 27.9. The minimum Gasteiger partial charge on any atom is -0.311 e. The van der Waals surface area contributed by atoms with Crippen molar-refractivity contribution in [3.8, 4) is 0 Å². The second-order valence-corrected chi connectivity index (χ2v) is 5.07. The summed E-state index contributed by atoms with van der Waals surface area (Å²) in [5, 5.41) is 11.4. The maximum absolute atomic E-state index is 4.02. The van der Waals surface area contributed by atoms with E-state index in [-0.39, 0.29) is 0 Å². The Hall–Kier alpha value is -0.900. The first-order valence-electron chi connectivity index (χ1n) is 6.24. The first-order valence-corrected chi connectivity index (χ1v) is 6.24. The number of nitrogens with zero attached hydrogens (tertiary/aromatic N) is 3. The average molecular weight is 222 g/mol. The van der Waals surface area contributed by atoms with E-state index < -0.39 is 0 Å². The molecule has 0 amide bonds. The van der Waals surface area contributed by atoms with Crippen LogP contribution in [-0.2, 0) is 7.05 Å². The Bertz CT molecular complexity index is 326. The van der Waals surface area contributed by atoms with Crippen molar-refractivity contribution in [1.29, 1.82) is 0 Å². The summed E-state index contributed by atoms with van der Waals surface area (Å²) < 4.78 is 1.89. The Labute approximate surface area is 97.4 Å². The lowest BCUT2D eigenvalue weighted by Crippen LogP contribution is -2.29. The van der Waals surface area contributed by atoms with Crippen molar-refractivity contribution in [3.05, 3.63) is 11.9 Å². The van der Waals surface area contributed by atoms with E-state index in [1.807, 2.05) is 25.0 Å². The van der Waals surface area contributed by atoms with Crippen LogP contribution < -0.4 is 5.32 Å². The van der Waals surface area contributed by atoms with Gasteiger partial charge in [0.1, 0.15) is 0 Å². The molecule has 1 N–H and O–H groups in total. The van der Waals surface area contributed by atoms with E-state index in [0.717, 1.165) is 11.8 Å². The monoisotopic (exact) mass is 222 g/mol. The predicted octanol–water partition coefficient (Wildman–Crippen LogP) is 1.90. The molecule has 1 heterocycles. The summed E-state index contributed by atoms with van der Waals surface area (Å²) in [7, 11) is 4.01. The molecule has 2 rings (SSSR count). The molecule has 0 aliphatic heterocycles. The quantitative estimate of drug-likeness (QED) is 0.849. The molecule has 1 fully saturated rings. The molecule has 16 heavy (non-hydrogen) atoms. The number of hydrogen-bond acceptors (Lipinski definition) is 3. The fourth-order valence-electron chi connectivity index (χ4n) is 2.82. The topological polar surface area (TPSA) is 42.7 Å². The Kier molecular flexibility index (Phi) is 3.59. The van der Waals surface area contributed by atoms with Crippen molar-refractivity contribution in [3.63, 3.8) is 0 Å². The van der Waals surface area contributed by atoms with Crippen LogP contribution in [0.5, 0.6) is 0 Å². The van der Waals surface area contributed by atoms with Crippen molar-refractivity contribution in [2.45, 2.75) is 38.6 Å². The molecule has 1 aliphatic rings. The summed E-state index contributed by atoms with van der Waals surface area (Å²) in [6.45, 7) is 2.36. The average Bonchev–Trinajstić information content (AvgIpc) is 2.69. The number of aryl methyl sites for hydroxylation is 1. The minimum atomic E-state index is 0.410. The van der Waals surface area contributed by atoms with Crippen molar-refractivity contribution in [1.82, 2.24) is 20.3 Å². The maximum Gasteiger partial charge on any atom is 0.0755 e. The van der Waals surface area contributed by atoms with E-state index in [9.17, 15) is 0 Å². The highest BCUT2D eigenvalue weighted by atomic mass is 15.4. The summed E-state index contributed by atoms with van der Waals surface area (Å²) in [6.07, 6.45) is 7.23. The van der Waals surface area contributed by atoms with Crippen LogP contribution in [0.25, 0.3) is 0 Å². The standard InChI is InChI=1S/C12H22N4/c1-9-4-6-10(7-5-9)12(13-2)11-8-14-15-16(11)3/h8-10,12-13H,4-7H2,1-3H3. The molecule has 90 valence electrons. The Balaban J connectivity index is 2.08. The molecule has 0 bridgehead atoms. The summed E-state index contributed by atoms with van der Waals surface area (Å²) in [6, 6.07) is 0.410. The highest BCUT2D eigenvalue weighted by molar-refractivity contribution is 5.04. The van der Waals surface area contributed by atoms with Crippen LogP contribution in [0.15, 0.2) is 6.20 Å². The van der Waals surface area contributed by atoms with Crippen molar-refractivity contribution in [2.75, 3.05) is 7.05 Å². The molecule has 1 atom stereocenters. The molecular weight excluding hydrogens is 200 g/mol. The van der Waals surface area contributed by atoms with Gasteiger partial charge in [0, 0.05) is 7.05 Å². The fraction of sp³-hybridized carbons (Fsp3) is 0.833. The predicted molar refractivity (Wildman–Crippen MR) is 63.9 cm³/mol. The highest BCUT2D eigenvalue weighted by Gasteiger charge is 2.28. The van der Waals surface area contributed by atoms with Crippen LogP contribution >= 0.6 is 0 Å². The van der Waals surface area contributed by atoms with Gasteiger partial charge in [-0.1, -0.05) is 25.0 Å². The molecule has 1 saturated carbocycles. The van der Waals surface area contributed by atoms with Gasteiger partial charge in [0.25, 0.3) is 0 Å². The van der Waals surface area contributed by atoms with Crippen LogP contribution in [0.2, 0.25) is 0 Å². The van der Waals surface area contributed by atoms with Gasteiger partial charge in [0.2, 0.25) is 0 Å². The molecule has 0 aromatic carbocycles. The third-order valence-electron chi connectivity index (χ3n) is 3.91. The van der Waals surface area contributed by atoms with Gasteiger partial charge >= 0.3 is 0 Å². The minimum absolute atomic E-state index is 0.410. The summed E-state index contributed by atoms with van der Waals surface area (Å²) >= 11 is 0. The lowest BCUT2D eigenvalue weighted by Gasteiger charge is -2.32. The molecule has 1 unspecified atom stereocenters. The van der Waals surface area contributed by atoms with Gasteiger partial charge in [0.15, 0.2) is 0 Å². The second-order valence-electron chi connectivity index (χ2n) is 5.07. The maximum atomic E-state index is 4.02. The number of aromatic nitrogens is 3. The summed E-state index contributed by atoms with van der Waals surface area (Å²) in [5.41, 5.74) is 1.21. The molecule has 4 heteroatoms. The van der Waals surface area contributed by atoms with Gasteiger partial charge in [-0.15, -0.1) is 5.10 Å². The van der Waals surface area contributed by atoms with Gasteiger partial charge in [0.05, 0.1) is 17.9 Å². The lowest BCUT2D eigenvalue weighted by molar-refractivity contribution is 0.232. The molecule has 1 aromatic rings. The Morgan fingerprint density at radius 2 is 2.06 bits per heavy atom. The molecule has 0 spiro atoms. The lowest BCUT2D eigenvalue weighted by atomic mass is 9.78. The van der Waals surface area contributed by atoms with Gasteiger partial charge in [-0.3, -0.25) is 4.68 Å². The molecular formula is C12H22N4. The zero-order valence-corrected chi connectivity index (χ0v) is 10.5. The number of nitrogens with one attached hydrogen (secondary N) is 1. The molecule has 1 aliphatic carbocycles. The fourth-order valence-corrected chi connectivity index (χ4v) is 2.82.